The maximum atomic E-state index is 13.9. The van der Waals surface area contributed by atoms with E-state index >= 15 is 0 Å². The van der Waals surface area contributed by atoms with Gasteiger partial charge in [0.2, 0.25) is 0 Å². The summed E-state index contributed by atoms with van der Waals surface area (Å²) in [6.07, 6.45) is 8.90. The number of amides is 1. The number of nitro benzene ring substituents is 1. The van der Waals surface area contributed by atoms with Crippen molar-refractivity contribution in [2.75, 3.05) is 69.6 Å². The Morgan fingerprint density at radius 2 is 1.80 bits per heavy atom. The molecule has 5 aromatic rings. The van der Waals surface area contributed by atoms with Crippen LogP contribution in [0.3, 0.4) is 0 Å². The number of benzene rings is 3. The van der Waals surface area contributed by atoms with Gasteiger partial charge in [0.25, 0.3) is 11.6 Å². The second-order valence-electron chi connectivity index (χ2n) is 17.2. The molecule has 12 nitrogen and oxygen atoms in total. The molecule has 1 aliphatic carbocycles. The normalized spacial score (nSPS) is 17.8. The Kier molecular flexibility index (Phi) is 12.7. The molecule has 4 heterocycles. The van der Waals surface area contributed by atoms with Gasteiger partial charge in [-0.3, -0.25) is 24.5 Å². The second kappa shape index (κ2) is 18.3. The summed E-state index contributed by atoms with van der Waals surface area (Å²) in [6.45, 7) is 11.9. The number of pyridine rings is 1. The summed E-state index contributed by atoms with van der Waals surface area (Å²) in [7, 11) is 2.12. The molecule has 1 amide bonds. The Morgan fingerprint density at radius 1 is 1.02 bits per heavy atom. The Balaban J connectivity index is 0.961. The van der Waals surface area contributed by atoms with Gasteiger partial charge in [-0.15, -0.1) is 0 Å². The summed E-state index contributed by atoms with van der Waals surface area (Å²) >= 11 is 7.29. The van der Waals surface area contributed by atoms with E-state index in [1.807, 2.05) is 42.6 Å². The number of hydrogen-bond acceptors (Lipinski definition) is 10. The number of allylic oxidation sites excluding steroid dienone is 1. The first-order valence-electron chi connectivity index (χ1n) is 20.8. The van der Waals surface area contributed by atoms with Gasteiger partial charge in [0.05, 0.1) is 16.7 Å². The summed E-state index contributed by atoms with van der Waals surface area (Å²) < 4.78 is 9.35. The highest BCUT2D eigenvalue weighted by atomic mass is 35.5. The van der Waals surface area contributed by atoms with Crippen molar-refractivity contribution in [1.82, 2.24) is 24.5 Å². The molecule has 0 spiro atoms. The van der Waals surface area contributed by atoms with Gasteiger partial charge >= 0.3 is 0 Å². The molecule has 8 rings (SSSR count). The quantitative estimate of drug-likeness (QED) is 0.0598. The highest BCUT2D eigenvalue weighted by Crippen LogP contribution is 2.43. The fraction of sp³-hybridized carbons (Fsp3) is 0.391. The third-order valence-electron chi connectivity index (χ3n) is 12.2. The maximum Gasteiger partial charge on any atom is 0.293 e. The number of hydrogen-bond donors (Lipinski definition) is 3. The van der Waals surface area contributed by atoms with Gasteiger partial charge < -0.3 is 24.8 Å². The number of aromatic amines is 1. The molecule has 314 valence electrons. The second-order valence-corrected chi connectivity index (χ2v) is 18.5. The molecule has 2 saturated heterocycles. The molecule has 0 atom stereocenters. The first kappa shape index (κ1) is 41.6. The average molecular weight is 850 g/mol. The minimum absolute atomic E-state index is 0.0234. The van der Waals surface area contributed by atoms with Gasteiger partial charge in [-0.1, -0.05) is 43.2 Å². The predicted molar refractivity (Wildman–Crippen MR) is 242 cm³/mol. The third-order valence-corrected chi connectivity index (χ3v) is 13.2. The van der Waals surface area contributed by atoms with E-state index in [9.17, 15) is 14.9 Å². The number of nitro groups is 1. The number of anilines is 2. The number of aromatic nitrogens is 2. The minimum atomic E-state index is -0.380. The van der Waals surface area contributed by atoms with Crippen LogP contribution >= 0.6 is 23.5 Å². The lowest BCUT2D eigenvalue weighted by Gasteiger charge is -2.39. The lowest BCUT2D eigenvalue weighted by atomic mass is 9.72. The molecule has 2 aliphatic heterocycles. The summed E-state index contributed by atoms with van der Waals surface area (Å²) in [5.41, 5.74) is 7.01. The van der Waals surface area contributed by atoms with Crippen LogP contribution < -0.4 is 19.7 Å². The van der Waals surface area contributed by atoms with Crippen LogP contribution in [-0.2, 0) is 0 Å². The molecule has 3 N–H and O–H groups in total. The highest BCUT2D eigenvalue weighted by molar-refractivity contribution is 7.98. The van der Waals surface area contributed by atoms with Crippen LogP contribution in [0.25, 0.3) is 16.6 Å². The SMILES string of the molecule is CN1CCC(CNc2ccc(SNC(=O)c3ccc(N4CCN(CC5=C(c6ccc(Cl)cc6)CC(C)(C)CC5)CC4)cc3Oc3cnc4[nH]ccc4c3)cc2[N+](=O)[O-])CC1. The van der Waals surface area contributed by atoms with Crippen molar-refractivity contribution in [3.8, 4) is 11.5 Å². The van der Waals surface area contributed by atoms with Gasteiger partial charge in [0.1, 0.15) is 22.8 Å². The number of carbonyl (C=O) groups excluding carboxylic acids is 1. The van der Waals surface area contributed by atoms with Crippen molar-refractivity contribution in [3.05, 3.63) is 117 Å². The Labute approximate surface area is 361 Å². The molecule has 3 aliphatic rings. The first-order valence-corrected chi connectivity index (χ1v) is 22.0. The van der Waals surface area contributed by atoms with Gasteiger partial charge in [-0.05, 0) is 135 Å². The Morgan fingerprint density at radius 3 is 2.57 bits per heavy atom. The number of halogens is 1. The van der Waals surface area contributed by atoms with Crippen LogP contribution in [0.5, 0.6) is 11.5 Å². The number of carbonyl (C=O) groups is 1. The number of nitrogens with one attached hydrogen (secondary N) is 3. The fourth-order valence-corrected chi connectivity index (χ4v) is 9.29. The van der Waals surface area contributed by atoms with Crippen LogP contribution in [0.2, 0.25) is 5.02 Å². The number of piperidine rings is 1. The largest absolute Gasteiger partial charge is 0.455 e. The maximum absolute atomic E-state index is 13.9. The molecule has 14 heteroatoms. The number of fused-ring (bicyclic) bond motifs is 1. The van der Waals surface area contributed by atoms with E-state index in [1.165, 1.54) is 29.2 Å². The fourth-order valence-electron chi connectivity index (χ4n) is 8.54. The van der Waals surface area contributed by atoms with E-state index in [-0.39, 0.29) is 21.9 Å². The van der Waals surface area contributed by atoms with E-state index in [1.54, 1.807) is 24.4 Å². The summed E-state index contributed by atoms with van der Waals surface area (Å²) in [5, 5.41) is 17.1. The lowest BCUT2D eigenvalue weighted by Crippen LogP contribution is -2.47. The van der Waals surface area contributed by atoms with Crippen molar-refractivity contribution < 1.29 is 14.5 Å². The summed E-state index contributed by atoms with van der Waals surface area (Å²) in [4.78, 5) is 40.9. The van der Waals surface area contributed by atoms with E-state index in [0.717, 1.165) is 105 Å². The number of likely N-dealkylation sites (tertiary alicyclic amines) is 1. The number of piperazine rings is 1. The minimum Gasteiger partial charge on any atom is -0.455 e. The van der Waals surface area contributed by atoms with Crippen molar-refractivity contribution in [1.29, 1.82) is 0 Å². The zero-order valence-electron chi connectivity index (χ0n) is 34.5. The molecular weight excluding hydrogens is 796 g/mol. The molecular formula is C46H53ClN8O4S. The number of ether oxygens (including phenoxy) is 1. The molecule has 0 unspecified atom stereocenters. The van der Waals surface area contributed by atoms with Gasteiger partial charge in [0.15, 0.2) is 0 Å². The molecule has 0 radical (unpaired) electrons. The summed E-state index contributed by atoms with van der Waals surface area (Å²) in [5.74, 6) is 0.987. The zero-order valence-corrected chi connectivity index (χ0v) is 36.1. The van der Waals surface area contributed by atoms with Crippen molar-refractivity contribution in [3.63, 3.8) is 0 Å². The number of H-pyrrole nitrogens is 1. The van der Waals surface area contributed by atoms with E-state index in [4.69, 9.17) is 16.3 Å². The van der Waals surface area contributed by atoms with Gasteiger partial charge in [-0.25, -0.2) is 4.98 Å². The van der Waals surface area contributed by atoms with Crippen LogP contribution in [-0.4, -0.2) is 90.0 Å². The lowest BCUT2D eigenvalue weighted by molar-refractivity contribution is -0.384. The highest BCUT2D eigenvalue weighted by Gasteiger charge is 2.30. The molecule has 0 saturated carbocycles. The molecule has 2 aromatic heterocycles. The zero-order chi connectivity index (χ0) is 41.8. The predicted octanol–water partition coefficient (Wildman–Crippen LogP) is 9.89. The van der Waals surface area contributed by atoms with Crippen molar-refractivity contribution in [2.24, 2.45) is 11.3 Å². The van der Waals surface area contributed by atoms with Crippen LogP contribution in [0.15, 0.2) is 95.7 Å². The molecule has 0 bridgehead atoms. The number of rotatable bonds is 13. The van der Waals surface area contributed by atoms with Gasteiger partial charge in [-0.2, -0.15) is 0 Å². The Hall–Kier alpha value is -5.08. The first-order chi connectivity index (χ1) is 29.0. The molecule has 2 fully saturated rings. The van der Waals surface area contributed by atoms with Crippen LogP contribution in [0.1, 0.15) is 61.9 Å². The molecule has 60 heavy (non-hydrogen) atoms. The monoisotopic (exact) mass is 848 g/mol. The number of nitrogens with zero attached hydrogens (tertiary/aromatic N) is 5. The topological polar surface area (TPSA) is 132 Å². The van der Waals surface area contributed by atoms with Gasteiger partial charge in [0, 0.05) is 78.6 Å². The van der Waals surface area contributed by atoms with Crippen molar-refractivity contribution in [2.45, 2.75) is 50.8 Å². The Bertz CT molecular complexity index is 2370. The summed E-state index contributed by atoms with van der Waals surface area (Å²) in [6, 6.07) is 22.8. The van der Waals surface area contributed by atoms with Crippen LogP contribution in [0.4, 0.5) is 17.1 Å². The standard InChI is InChI=1S/C46H53ClN8O4S/c1-46(2)16-12-34(40(27-46)32-4-6-35(47)7-5-32)30-53-20-22-54(23-21-53)36-8-10-39(43(25-36)59-37-24-33-13-17-48-44(33)50-29-37)45(56)51-60-38-9-11-41(42(26-38)55(57)58)49-28-31-14-18-52(3)19-15-31/h4-11,13,17,24-26,29,31,49H,12,14-16,18-23,27-28,30H2,1-3H3,(H,48,50)(H,51,56). The van der Waals surface area contributed by atoms with E-state index in [0.29, 0.717) is 40.1 Å². The van der Waals surface area contributed by atoms with E-state index in [2.05, 4.69) is 67.7 Å². The van der Waals surface area contributed by atoms with Crippen molar-refractivity contribution >= 4 is 63.1 Å². The van der Waals surface area contributed by atoms with E-state index < -0.39 is 0 Å². The third kappa shape index (κ3) is 10.1. The smallest absolute Gasteiger partial charge is 0.293 e. The molecule has 3 aromatic carbocycles. The average Bonchev–Trinajstić information content (AvgIpc) is 3.72. The van der Waals surface area contributed by atoms with Crippen LogP contribution in [0, 0.1) is 21.4 Å².